The molecule has 0 aliphatic carbocycles. The maximum atomic E-state index is 12.2. The molecule has 0 fully saturated rings. The molecule has 0 saturated carbocycles. The molecule has 86 valence electrons. The van der Waals surface area contributed by atoms with Crippen molar-refractivity contribution in [2.24, 2.45) is 0 Å². The van der Waals surface area contributed by atoms with Crippen molar-refractivity contribution in [2.45, 2.75) is 12.7 Å². The minimum atomic E-state index is -4.43. The second-order valence-electron chi connectivity index (χ2n) is 2.85. The highest BCUT2D eigenvalue weighted by Crippen LogP contribution is 2.27. The Morgan fingerprint density at radius 3 is 2.62 bits per heavy atom. The van der Waals surface area contributed by atoms with Crippen molar-refractivity contribution in [3.8, 4) is 0 Å². The molecule has 9 heteroatoms. The number of nitrogens with zero attached hydrogens (tertiary/aromatic N) is 4. The van der Waals surface area contributed by atoms with Crippen LogP contribution in [0.15, 0.2) is 12.3 Å². The van der Waals surface area contributed by atoms with Gasteiger partial charge < -0.3 is 0 Å². The molecule has 0 saturated heterocycles. The number of aromatic nitrogens is 4. The van der Waals surface area contributed by atoms with E-state index in [1.807, 2.05) is 0 Å². The van der Waals surface area contributed by atoms with Crippen molar-refractivity contribution in [3.05, 3.63) is 27.4 Å². The largest absolute Gasteiger partial charge is 0.435 e. The molecule has 0 unspecified atom stereocenters. The maximum Gasteiger partial charge on any atom is 0.435 e. The fourth-order valence-electron chi connectivity index (χ4n) is 1.04. The van der Waals surface area contributed by atoms with Gasteiger partial charge in [0.25, 0.3) is 0 Å². The van der Waals surface area contributed by atoms with Crippen LogP contribution in [0.2, 0.25) is 4.47 Å². The Balaban J connectivity index is 2.14. The fourth-order valence-corrected chi connectivity index (χ4v) is 1.90. The Labute approximate surface area is 96.7 Å². The van der Waals surface area contributed by atoms with Crippen LogP contribution in [-0.2, 0) is 12.7 Å². The zero-order valence-electron chi connectivity index (χ0n) is 7.57. The molecular formula is C7H4ClF3N4S. The average molecular weight is 269 g/mol. The van der Waals surface area contributed by atoms with Gasteiger partial charge in [-0.05, 0) is 17.7 Å². The summed E-state index contributed by atoms with van der Waals surface area (Å²) < 4.78 is 38.1. The molecule has 0 atom stereocenters. The van der Waals surface area contributed by atoms with Gasteiger partial charge in [-0.1, -0.05) is 11.3 Å². The number of hydrogen-bond acceptors (Lipinski definition) is 4. The van der Waals surface area contributed by atoms with E-state index in [0.29, 0.717) is 5.01 Å². The van der Waals surface area contributed by atoms with Crippen LogP contribution in [0.4, 0.5) is 13.2 Å². The van der Waals surface area contributed by atoms with Crippen molar-refractivity contribution in [1.82, 2.24) is 20.0 Å². The van der Waals surface area contributed by atoms with Gasteiger partial charge in [-0.25, -0.2) is 0 Å². The van der Waals surface area contributed by atoms with Gasteiger partial charge in [-0.3, -0.25) is 4.68 Å². The summed E-state index contributed by atoms with van der Waals surface area (Å²) in [5.41, 5.74) is -0.928. The molecule has 0 bridgehead atoms. The van der Waals surface area contributed by atoms with Crippen LogP contribution in [0.1, 0.15) is 10.7 Å². The lowest BCUT2D eigenvalue weighted by Gasteiger charge is -2.00. The quantitative estimate of drug-likeness (QED) is 0.840. The highest BCUT2D eigenvalue weighted by Gasteiger charge is 2.33. The number of alkyl halides is 3. The molecule has 0 aliphatic rings. The Hall–Kier alpha value is -1.15. The molecular weight excluding hydrogens is 265 g/mol. The first-order chi connectivity index (χ1) is 7.45. The van der Waals surface area contributed by atoms with E-state index in [4.69, 9.17) is 11.6 Å². The lowest BCUT2D eigenvalue weighted by atomic mass is 10.4. The Morgan fingerprint density at radius 2 is 2.12 bits per heavy atom. The van der Waals surface area contributed by atoms with Crippen molar-refractivity contribution < 1.29 is 13.2 Å². The third kappa shape index (κ3) is 2.50. The van der Waals surface area contributed by atoms with E-state index in [-0.39, 0.29) is 11.0 Å². The monoisotopic (exact) mass is 268 g/mol. The minimum Gasteiger partial charge on any atom is -0.265 e. The van der Waals surface area contributed by atoms with Gasteiger partial charge in [0.15, 0.2) is 5.69 Å². The summed E-state index contributed by atoms with van der Waals surface area (Å²) in [4.78, 5) is 0. The molecule has 0 aromatic carbocycles. The topological polar surface area (TPSA) is 43.6 Å². The third-order valence-electron chi connectivity index (χ3n) is 1.67. The Bertz CT molecular complexity index is 492. The van der Waals surface area contributed by atoms with Gasteiger partial charge in [-0.2, -0.15) is 18.3 Å². The van der Waals surface area contributed by atoms with E-state index in [1.54, 1.807) is 0 Å². The van der Waals surface area contributed by atoms with Crippen LogP contribution in [0.3, 0.4) is 0 Å². The highest BCUT2D eigenvalue weighted by atomic mass is 35.5. The molecule has 2 rings (SSSR count). The van der Waals surface area contributed by atoms with E-state index in [9.17, 15) is 13.2 Å². The van der Waals surface area contributed by atoms with Crippen LogP contribution in [-0.4, -0.2) is 20.0 Å². The molecule has 0 spiro atoms. The summed E-state index contributed by atoms with van der Waals surface area (Å²) in [7, 11) is 0. The molecule has 2 heterocycles. The second kappa shape index (κ2) is 4.02. The molecule has 2 aromatic heterocycles. The fraction of sp³-hybridized carbons (Fsp3) is 0.286. The lowest BCUT2D eigenvalue weighted by Crippen LogP contribution is -2.08. The normalized spacial score (nSPS) is 12.0. The van der Waals surface area contributed by atoms with Crippen LogP contribution in [0, 0.1) is 0 Å². The van der Waals surface area contributed by atoms with E-state index in [2.05, 4.69) is 15.3 Å². The van der Waals surface area contributed by atoms with Crippen LogP contribution in [0.25, 0.3) is 0 Å². The van der Waals surface area contributed by atoms with Crippen molar-refractivity contribution in [1.29, 1.82) is 0 Å². The lowest BCUT2D eigenvalue weighted by molar-refractivity contribution is -0.141. The maximum absolute atomic E-state index is 12.2. The van der Waals surface area contributed by atoms with Gasteiger partial charge in [0, 0.05) is 6.20 Å². The predicted octanol–water partition coefficient (Wildman–Crippen LogP) is 2.46. The first-order valence-electron chi connectivity index (χ1n) is 4.03. The first-order valence-corrected chi connectivity index (χ1v) is 5.23. The zero-order chi connectivity index (χ0) is 11.8. The van der Waals surface area contributed by atoms with Crippen molar-refractivity contribution >= 4 is 22.9 Å². The smallest absolute Gasteiger partial charge is 0.265 e. The van der Waals surface area contributed by atoms with E-state index in [0.717, 1.165) is 22.1 Å². The van der Waals surface area contributed by atoms with Crippen molar-refractivity contribution in [2.75, 3.05) is 0 Å². The molecule has 16 heavy (non-hydrogen) atoms. The van der Waals surface area contributed by atoms with E-state index < -0.39 is 11.9 Å². The molecule has 2 aromatic rings. The van der Waals surface area contributed by atoms with Gasteiger partial charge >= 0.3 is 6.18 Å². The molecule has 0 amide bonds. The highest BCUT2D eigenvalue weighted by molar-refractivity contribution is 7.15. The molecule has 0 N–H and O–H groups in total. The van der Waals surface area contributed by atoms with Gasteiger partial charge in [0.2, 0.25) is 4.47 Å². The predicted molar refractivity (Wildman–Crippen MR) is 51.3 cm³/mol. The Kier molecular flexibility index (Phi) is 2.85. The standard InChI is InChI=1S/C7H4ClF3N4S/c8-6-13-12-5(16-6)3-15-2-1-4(14-15)7(9,10)11/h1-2H,3H2. The van der Waals surface area contributed by atoms with Crippen LogP contribution < -0.4 is 0 Å². The summed E-state index contributed by atoms with van der Waals surface area (Å²) >= 11 is 6.64. The van der Waals surface area contributed by atoms with E-state index in [1.165, 1.54) is 6.20 Å². The summed E-state index contributed by atoms with van der Waals surface area (Å²) in [5, 5.41) is 11.1. The van der Waals surface area contributed by atoms with Crippen LogP contribution >= 0.6 is 22.9 Å². The number of hydrogen-bond donors (Lipinski definition) is 0. The molecule has 0 radical (unpaired) electrons. The summed E-state index contributed by atoms with van der Waals surface area (Å²) in [6.45, 7) is 0.125. The molecule has 4 nitrogen and oxygen atoms in total. The average Bonchev–Trinajstić information content (AvgIpc) is 2.74. The van der Waals surface area contributed by atoms with Crippen molar-refractivity contribution in [3.63, 3.8) is 0 Å². The van der Waals surface area contributed by atoms with Gasteiger partial charge in [0.1, 0.15) is 5.01 Å². The van der Waals surface area contributed by atoms with E-state index >= 15 is 0 Å². The number of rotatable bonds is 2. The summed E-state index contributed by atoms with van der Waals surface area (Å²) in [5.74, 6) is 0. The second-order valence-corrected chi connectivity index (χ2v) is 4.49. The first kappa shape index (κ1) is 11.3. The SMILES string of the molecule is FC(F)(F)c1ccn(Cc2nnc(Cl)s2)n1. The third-order valence-corrected chi connectivity index (χ3v) is 2.67. The van der Waals surface area contributed by atoms with Gasteiger partial charge in [-0.15, -0.1) is 10.2 Å². The van der Waals surface area contributed by atoms with Gasteiger partial charge in [0.05, 0.1) is 6.54 Å². The molecule has 0 aliphatic heterocycles. The van der Waals surface area contributed by atoms with Crippen LogP contribution in [0.5, 0.6) is 0 Å². The minimum absolute atomic E-state index is 0.125. The summed E-state index contributed by atoms with van der Waals surface area (Å²) in [6.07, 6.45) is -3.19. The summed E-state index contributed by atoms with van der Waals surface area (Å²) in [6, 6.07) is 0.905. The zero-order valence-corrected chi connectivity index (χ0v) is 9.14. The Morgan fingerprint density at radius 1 is 1.38 bits per heavy atom. The number of halogens is 4.